The summed E-state index contributed by atoms with van der Waals surface area (Å²) in [5.74, 6) is -2.91. The highest BCUT2D eigenvalue weighted by atomic mass is 32.1. The van der Waals surface area contributed by atoms with Gasteiger partial charge in [0.2, 0.25) is 0 Å². The van der Waals surface area contributed by atoms with E-state index in [1.54, 1.807) is 23.5 Å². The molecule has 0 saturated carbocycles. The van der Waals surface area contributed by atoms with Crippen molar-refractivity contribution >= 4 is 33.1 Å². The lowest BCUT2D eigenvalue weighted by molar-refractivity contribution is 0.102. The number of nitrogens with one attached hydrogen (secondary N) is 1. The summed E-state index contributed by atoms with van der Waals surface area (Å²) >= 11 is 1.58. The number of halogens is 2. The Balaban J connectivity index is 1.56. The number of thiazole rings is 1. The van der Waals surface area contributed by atoms with Gasteiger partial charge in [-0.3, -0.25) is 4.79 Å². The first-order chi connectivity index (χ1) is 12.6. The number of amides is 1. The quantitative estimate of drug-likeness (QED) is 0.521. The molecule has 1 heterocycles. The summed E-state index contributed by atoms with van der Waals surface area (Å²) in [4.78, 5) is 16.7. The van der Waals surface area contributed by atoms with E-state index in [0.29, 0.717) is 5.69 Å². The number of anilines is 1. The first-order valence-electron chi connectivity index (χ1n) is 7.83. The molecular weight excluding hydrogens is 354 g/mol. The first-order valence-corrected chi connectivity index (χ1v) is 8.65. The molecule has 1 aromatic heterocycles. The van der Waals surface area contributed by atoms with E-state index in [1.807, 2.05) is 36.4 Å². The zero-order valence-electron chi connectivity index (χ0n) is 13.4. The number of fused-ring (bicyclic) bond motifs is 1. The standard InChI is InChI=1S/C20H12F2N2OS/c21-15-5-3-4-14(18(15)22)19(25)23-13-10-8-12(9-11-13)20-24-16-6-1-2-7-17(16)26-20/h1-11H,(H,23,25). The molecule has 1 amide bonds. The molecule has 0 unspecified atom stereocenters. The van der Waals surface area contributed by atoms with Crippen molar-refractivity contribution in [3.05, 3.63) is 83.9 Å². The van der Waals surface area contributed by atoms with Gasteiger partial charge in [-0.1, -0.05) is 18.2 Å². The molecule has 0 bridgehead atoms. The maximum atomic E-state index is 13.7. The van der Waals surface area contributed by atoms with Gasteiger partial charge >= 0.3 is 0 Å². The lowest BCUT2D eigenvalue weighted by Gasteiger charge is -2.07. The Morgan fingerprint density at radius 2 is 1.69 bits per heavy atom. The summed E-state index contributed by atoms with van der Waals surface area (Å²) in [5, 5.41) is 3.44. The number of carbonyl (C=O) groups is 1. The van der Waals surface area contributed by atoms with Gasteiger partial charge < -0.3 is 5.32 Å². The molecule has 3 aromatic carbocycles. The molecular formula is C20H12F2N2OS. The molecule has 4 aromatic rings. The van der Waals surface area contributed by atoms with Crippen molar-refractivity contribution in [3.63, 3.8) is 0 Å². The number of benzene rings is 3. The average Bonchev–Trinajstić information content (AvgIpc) is 3.08. The van der Waals surface area contributed by atoms with Gasteiger partial charge in [-0.25, -0.2) is 13.8 Å². The Bertz CT molecular complexity index is 1070. The van der Waals surface area contributed by atoms with Crippen LogP contribution < -0.4 is 5.32 Å². The lowest BCUT2D eigenvalue weighted by Crippen LogP contribution is -2.14. The number of hydrogen-bond donors (Lipinski definition) is 1. The Labute approximate surface area is 151 Å². The second kappa shape index (κ2) is 6.65. The smallest absolute Gasteiger partial charge is 0.258 e. The van der Waals surface area contributed by atoms with Gasteiger partial charge in [-0.05, 0) is 48.5 Å². The predicted octanol–water partition coefficient (Wildman–Crippen LogP) is 5.49. The van der Waals surface area contributed by atoms with Crippen LogP contribution >= 0.6 is 11.3 Å². The van der Waals surface area contributed by atoms with Crippen LogP contribution in [0.15, 0.2) is 66.7 Å². The van der Waals surface area contributed by atoms with Crippen LogP contribution in [0.5, 0.6) is 0 Å². The van der Waals surface area contributed by atoms with E-state index in [1.165, 1.54) is 12.1 Å². The predicted molar refractivity (Wildman–Crippen MR) is 99.4 cm³/mol. The third kappa shape index (κ3) is 3.07. The van der Waals surface area contributed by atoms with Crippen LogP contribution in [0.2, 0.25) is 0 Å². The zero-order chi connectivity index (χ0) is 18.1. The molecule has 128 valence electrons. The molecule has 0 atom stereocenters. The number of para-hydroxylation sites is 1. The highest BCUT2D eigenvalue weighted by Crippen LogP contribution is 2.30. The third-order valence-electron chi connectivity index (χ3n) is 3.88. The Kier molecular flexibility index (Phi) is 4.18. The van der Waals surface area contributed by atoms with Crippen LogP contribution in [-0.2, 0) is 0 Å². The second-order valence-corrected chi connectivity index (χ2v) is 6.65. The van der Waals surface area contributed by atoms with E-state index in [0.717, 1.165) is 26.9 Å². The van der Waals surface area contributed by atoms with Crippen LogP contribution in [0.4, 0.5) is 14.5 Å². The largest absolute Gasteiger partial charge is 0.322 e. The molecule has 0 aliphatic rings. The van der Waals surface area contributed by atoms with Crippen molar-refractivity contribution in [1.29, 1.82) is 0 Å². The van der Waals surface area contributed by atoms with E-state index in [4.69, 9.17) is 0 Å². The van der Waals surface area contributed by atoms with Crippen molar-refractivity contribution in [1.82, 2.24) is 4.98 Å². The number of hydrogen-bond acceptors (Lipinski definition) is 3. The fourth-order valence-corrected chi connectivity index (χ4v) is 3.54. The van der Waals surface area contributed by atoms with Crippen LogP contribution in [-0.4, -0.2) is 10.9 Å². The summed E-state index contributed by atoms with van der Waals surface area (Å²) in [5.41, 5.74) is 2.01. The summed E-state index contributed by atoms with van der Waals surface area (Å²) < 4.78 is 28.0. The normalized spacial score (nSPS) is 10.8. The molecule has 0 fully saturated rings. The molecule has 6 heteroatoms. The van der Waals surface area contributed by atoms with Crippen molar-refractivity contribution < 1.29 is 13.6 Å². The molecule has 1 N–H and O–H groups in total. The summed E-state index contributed by atoms with van der Waals surface area (Å²) in [6, 6.07) is 18.4. The van der Waals surface area contributed by atoms with Gasteiger partial charge in [0.1, 0.15) is 5.01 Å². The molecule has 3 nitrogen and oxygen atoms in total. The van der Waals surface area contributed by atoms with Gasteiger partial charge in [0.05, 0.1) is 15.8 Å². The monoisotopic (exact) mass is 366 g/mol. The van der Waals surface area contributed by atoms with Crippen molar-refractivity contribution in [2.75, 3.05) is 5.32 Å². The van der Waals surface area contributed by atoms with E-state index in [-0.39, 0.29) is 5.56 Å². The zero-order valence-corrected chi connectivity index (χ0v) is 14.2. The van der Waals surface area contributed by atoms with Crippen molar-refractivity contribution in [2.24, 2.45) is 0 Å². The summed E-state index contributed by atoms with van der Waals surface area (Å²) in [6.45, 7) is 0. The minimum absolute atomic E-state index is 0.333. The lowest BCUT2D eigenvalue weighted by atomic mass is 10.1. The average molecular weight is 366 g/mol. The molecule has 0 aliphatic heterocycles. The molecule has 26 heavy (non-hydrogen) atoms. The van der Waals surface area contributed by atoms with Gasteiger partial charge in [-0.15, -0.1) is 11.3 Å². The number of carbonyl (C=O) groups excluding carboxylic acids is 1. The topological polar surface area (TPSA) is 42.0 Å². The SMILES string of the molecule is O=C(Nc1ccc(-c2nc3ccccc3s2)cc1)c1cccc(F)c1F. The fourth-order valence-electron chi connectivity index (χ4n) is 2.57. The molecule has 0 radical (unpaired) electrons. The molecule has 4 rings (SSSR count). The van der Waals surface area contributed by atoms with Crippen molar-refractivity contribution in [3.8, 4) is 10.6 Å². The maximum absolute atomic E-state index is 13.7. The van der Waals surface area contributed by atoms with E-state index in [2.05, 4.69) is 10.3 Å². The second-order valence-electron chi connectivity index (χ2n) is 5.62. The Hall–Kier alpha value is -3.12. The van der Waals surface area contributed by atoms with Crippen LogP contribution in [0.3, 0.4) is 0 Å². The van der Waals surface area contributed by atoms with E-state index < -0.39 is 17.5 Å². The minimum atomic E-state index is -1.16. The van der Waals surface area contributed by atoms with Crippen LogP contribution in [0, 0.1) is 11.6 Å². The first kappa shape index (κ1) is 16.4. The highest BCUT2D eigenvalue weighted by molar-refractivity contribution is 7.21. The number of rotatable bonds is 3. The van der Waals surface area contributed by atoms with Crippen molar-refractivity contribution in [2.45, 2.75) is 0 Å². The maximum Gasteiger partial charge on any atom is 0.258 e. The highest BCUT2D eigenvalue weighted by Gasteiger charge is 2.15. The number of aromatic nitrogens is 1. The van der Waals surface area contributed by atoms with E-state index >= 15 is 0 Å². The van der Waals surface area contributed by atoms with E-state index in [9.17, 15) is 13.6 Å². The van der Waals surface area contributed by atoms with Crippen LogP contribution in [0.25, 0.3) is 20.8 Å². The summed E-state index contributed by atoms with van der Waals surface area (Å²) in [6.07, 6.45) is 0. The molecule has 0 aliphatic carbocycles. The Morgan fingerprint density at radius 3 is 2.46 bits per heavy atom. The summed E-state index contributed by atoms with van der Waals surface area (Å²) in [7, 11) is 0. The van der Waals surface area contributed by atoms with Gasteiger partial charge in [-0.2, -0.15) is 0 Å². The molecule has 0 spiro atoms. The third-order valence-corrected chi connectivity index (χ3v) is 4.97. The Morgan fingerprint density at radius 1 is 0.923 bits per heavy atom. The minimum Gasteiger partial charge on any atom is -0.322 e. The van der Waals surface area contributed by atoms with Gasteiger partial charge in [0.15, 0.2) is 11.6 Å². The molecule has 0 saturated heterocycles. The van der Waals surface area contributed by atoms with Gasteiger partial charge in [0.25, 0.3) is 5.91 Å². The fraction of sp³-hybridized carbons (Fsp3) is 0. The van der Waals surface area contributed by atoms with Crippen LogP contribution in [0.1, 0.15) is 10.4 Å². The number of nitrogens with zero attached hydrogens (tertiary/aromatic N) is 1. The van der Waals surface area contributed by atoms with Gasteiger partial charge in [0, 0.05) is 11.3 Å².